The largest absolute Gasteiger partial charge is 0.306 e. The van der Waals surface area contributed by atoms with E-state index in [0.29, 0.717) is 16.8 Å². The third-order valence-electron chi connectivity index (χ3n) is 7.43. The molecule has 1 aliphatic rings. The molecule has 0 bridgehead atoms. The quantitative estimate of drug-likeness (QED) is 0.263. The van der Waals surface area contributed by atoms with E-state index in [9.17, 15) is 13.2 Å². The summed E-state index contributed by atoms with van der Waals surface area (Å²) in [7, 11) is -3.91. The summed E-state index contributed by atoms with van der Waals surface area (Å²) in [4.78, 5) is 21.2. The molecule has 7 nitrogen and oxygen atoms in total. The Bertz CT molecular complexity index is 2020. The predicted octanol–water partition coefficient (Wildman–Crippen LogP) is 5.77. The van der Waals surface area contributed by atoms with Gasteiger partial charge in [0.15, 0.2) is 21.5 Å². The standard InChI is InChI=1S/C29H23ClF2N4O3S/c1-15-11-34-27(19-5-4-6-23(25(19)31)40(3,38)39)26(32)28(15)36-16(2)9-22(24(30)29(36)37)21-10-20(21)17-7-8-18-12-33-14-35(18)13-17/h4-9,11-14,20-21H,10H2,1-3H3/t20-,21+/m1/s1. The van der Waals surface area contributed by atoms with Crippen LogP contribution in [0.1, 0.15) is 40.6 Å². The minimum absolute atomic E-state index is 0.00998. The molecule has 11 heteroatoms. The highest BCUT2D eigenvalue weighted by molar-refractivity contribution is 7.90. The molecule has 40 heavy (non-hydrogen) atoms. The van der Waals surface area contributed by atoms with Gasteiger partial charge < -0.3 is 4.40 Å². The number of nitrogens with zero attached hydrogens (tertiary/aromatic N) is 4. The Morgan fingerprint density at radius 1 is 1.05 bits per heavy atom. The van der Waals surface area contributed by atoms with Gasteiger partial charge in [-0.2, -0.15) is 0 Å². The third-order valence-corrected chi connectivity index (χ3v) is 8.92. The van der Waals surface area contributed by atoms with E-state index < -0.39 is 37.6 Å². The second-order valence-corrected chi connectivity index (χ2v) is 12.5. The Kier molecular flexibility index (Phi) is 6.15. The van der Waals surface area contributed by atoms with Crippen LogP contribution >= 0.6 is 11.6 Å². The van der Waals surface area contributed by atoms with Crippen LogP contribution in [0, 0.1) is 25.5 Å². The monoisotopic (exact) mass is 580 g/mol. The van der Waals surface area contributed by atoms with Crippen molar-refractivity contribution < 1.29 is 17.2 Å². The maximum absolute atomic E-state index is 16.1. The van der Waals surface area contributed by atoms with Gasteiger partial charge in [-0.05, 0) is 73.1 Å². The van der Waals surface area contributed by atoms with Gasteiger partial charge in [0.05, 0.1) is 23.7 Å². The van der Waals surface area contributed by atoms with Crippen LogP contribution in [-0.2, 0) is 9.84 Å². The predicted molar refractivity (Wildman–Crippen MR) is 148 cm³/mol. The van der Waals surface area contributed by atoms with E-state index in [4.69, 9.17) is 11.6 Å². The van der Waals surface area contributed by atoms with Crippen LogP contribution in [0.5, 0.6) is 0 Å². The maximum Gasteiger partial charge on any atom is 0.274 e. The molecule has 4 aromatic heterocycles. The first kappa shape index (κ1) is 26.3. The van der Waals surface area contributed by atoms with Crippen molar-refractivity contribution in [1.29, 1.82) is 0 Å². The second kappa shape index (κ2) is 9.35. The second-order valence-electron chi connectivity index (χ2n) is 10.2. The molecule has 6 rings (SSSR count). The fourth-order valence-electron chi connectivity index (χ4n) is 5.35. The van der Waals surface area contributed by atoms with E-state index >= 15 is 8.78 Å². The number of hydrogen-bond donors (Lipinski definition) is 0. The van der Waals surface area contributed by atoms with E-state index in [-0.39, 0.29) is 28.1 Å². The molecule has 0 unspecified atom stereocenters. The van der Waals surface area contributed by atoms with Gasteiger partial charge in [-0.25, -0.2) is 22.2 Å². The minimum atomic E-state index is -3.91. The lowest BCUT2D eigenvalue weighted by Gasteiger charge is -2.18. The Hall–Kier alpha value is -3.89. The Morgan fingerprint density at radius 3 is 2.58 bits per heavy atom. The molecule has 0 aliphatic heterocycles. The summed E-state index contributed by atoms with van der Waals surface area (Å²) < 4.78 is 58.4. The summed E-state index contributed by atoms with van der Waals surface area (Å²) in [6, 6.07) is 9.48. The summed E-state index contributed by atoms with van der Waals surface area (Å²) in [5.74, 6) is -1.87. The molecule has 4 heterocycles. The summed E-state index contributed by atoms with van der Waals surface area (Å²) in [6.45, 7) is 3.26. The Morgan fingerprint density at radius 2 is 1.82 bits per heavy atom. The normalized spacial score (nSPS) is 16.9. The third kappa shape index (κ3) is 4.22. The minimum Gasteiger partial charge on any atom is -0.306 e. The molecule has 0 spiro atoms. The number of hydrogen-bond acceptors (Lipinski definition) is 5. The first-order valence-corrected chi connectivity index (χ1v) is 14.7. The Balaban J connectivity index is 1.43. The van der Waals surface area contributed by atoms with Gasteiger partial charge in [0.2, 0.25) is 0 Å². The van der Waals surface area contributed by atoms with Gasteiger partial charge in [0.1, 0.15) is 15.6 Å². The summed E-state index contributed by atoms with van der Waals surface area (Å²) in [5, 5.41) is -0.00998. The lowest BCUT2D eigenvalue weighted by Crippen LogP contribution is -2.24. The molecule has 0 N–H and O–H groups in total. The number of pyridine rings is 3. The van der Waals surface area contributed by atoms with Crippen LogP contribution in [0.2, 0.25) is 5.02 Å². The van der Waals surface area contributed by atoms with Crippen LogP contribution in [0.15, 0.2) is 71.0 Å². The summed E-state index contributed by atoms with van der Waals surface area (Å²) in [5.41, 5.74) is 2.09. The van der Waals surface area contributed by atoms with Crippen LogP contribution in [-0.4, -0.2) is 33.6 Å². The molecule has 2 atom stereocenters. The van der Waals surface area contributed by atoms with Crippen molar-refractivity contribution in [2.24, 2.45) is 0 Å². The van der Waals surface area contributed by atoms with Crippen molar-refractivity contribution in [2.45, 2.75) is 37.0 Å². The SMILES string of the molecule is Cc1cnc(-c2cccc(S(C)(=O)=O)c2F)c(F)c1-n1c(C)cc([C@H]2C[C@@H]2c2ccc3cncn3c2)c(Cl)c1=O. The summed E-state index contributed by atoms with van der Waals surface area (Å²) in [6.07, 6.45) is 8.52. The zero-order valence-electron chi connectivity index (χ0n) is 21.7. The average molecular weight is 581 g/mol. The molecule has 1 fully saturated rings. The molecule has 204 valence electrons. The van der Waals surface area contributed by atoms with Crippen molar-refractivity contribution in [2.75, 3.05) is 6.26 Å². The number of imidazole rings is 1. The van der Waals surface area contributed by atoms with Gasteiger partial charge >= 0.3 is 0 Å². The van der Waals surface area contributed by atoms with Gasteiger partial charge in [-0.3, -0.25) is 14.3 Å². The fourth-order valence-corrected chi connectivity index (χ4v) is 6.39. The van der Waals surface area contributed by atoms with E-state index in [1.54, 1.807) is 32.4 Å². The van der Waals surface area contributed by atoms with Crippen molar-refractivity contribution in [3.63, 3.8) is 0 Å². The topological polar surface area (TPSA) is 86.3 Å². The lowest BCUT2D eigenvalue weighted by molar-refractivity contribution is 0.569. The van der Waals surface area contributed by atoms with Crippen molar-refractivity contribution in [1.82, 2.24) is 18.9 Å². The van der Waals surface area contributed by atoms with E-state index in [0.717, 1.165) is 34.4 Å². The van der Waals surface area contributed by atoms with Crippen LogP contribution in [0.3, 0.4) is 0 Å². The number of fused-ring (bicyclic) bond motifs is 1. The highest BCUT2D eigenvalue weighted by Gasteiger charge is 2.42. The van der Waals surface area contributed by atoms with Crippen molar-refractivity contribution in [3.05, 3.63) is 111 Å². The number of sulfone groups is 1. The van der Waals surface area contributed by atoms with Gasteiger partial charge in [-0.1, -0.05) is 23.7 Å². The zero-order valence-corrected chi connectivity index (χ0v) is 23.3. The zero-order chi connectivity index (χ0) is 28.5. The van der Waals surface area contributed by atoms with Gasteiger partial charge in [-0.15, -0.1) is 0 Å². The molecule has 1 aromatic carbocycles. The van der Waals surface area contributed by atoms with Crippen molar-refractivity contribution in [3.8, 4) is 16.9 Å². The van der Waals surface area contributed by atoms with Crippen molar-refractivity contribution >= 4 is 27.0 Å². The molecule has 0 amide bonds. The average Bonchev–Trinajstić information content (AvgIpc) is 3.55. The highest BCUT2D eigenvalue weighted by atomic mass is 35.5. The smallest absolute Gasteiger partial charge is 0.274 e. The first-order chi connectivity index (χ1) is 19.0. The molecule has 0 radical (unpaired) electrons. The number of aromatic nitrogens is 4. The molecular weight excluding hydrogens is 558 g/mol. The van der Waals surface area contributed by atoms with Gasteiger partial charge in [0.25, 0.3) is 5.56 Å². The molecule has 0 saturated heterocycles. The van der Waals surface area contributed by atoms with E-state index in [1.807, 2.05) is 22.7 Å². The van der Waals surface area contributed by atoms with E-state index in [1.165, 1.54) is 18.3 Å². The number of rotatable bonds is 5. The van der Waals surface area contributed by atoms with E-state index in [2.05, 4.69) is 9.97 Å². The molecule has 1 saturated carbocycles. The molecule has 5 aromatic rings. The molecular formula is C29H23ClF2N4O3S. The summed E-state index contributed by atoms with van der Waals surface area (Å²) >= 11 is 6.63. The van der Waals surface area contributed by atoms with Gasteiger partial charge in [0, 0.05) is 29.9 Å². The first-order valence-electron chi connectivity index (χ1n) is 12.5. The maximum atomic E-state index is 16.1. The fraction of sp³-hybridized carbons (Fsp3) is 0.207. The van der Waals surface area contributed by atoms with Crippen LogP contribution < -0.4 is 5.56 Å². The lowest BCUT2D eigenvalue weighted by atomic mass is 10.0. The number of aryl methyl sites for hydroxylation is 2. The molecule has 1 aliphatic carbocycles. The highest BCUT2D eigenvalue weighted by Crippen LogP contribution is 2.56. The van der Waals surface area contributed by atoms with Crippen LogP contribution in [0.25, 0.3) is 22.5 Å². The number of benzene rings is 1. The Labute approximate surface area is 233 Å². The van der Waals surface area contributed by atoms with Crippen LogP contribution in [0.4, 0.5) is 8.78 Å². The number of halogens is 3.